The molecule has 0 saturated heterocycles. The Morgan fingerprint density at radius 1 is 1.21 bits per heavy atom. The molecule has 0 aromatic carbocycles. The van der Waals surface area contributed by atoms with Gasteiger partial charge < -0.3 is 5.32 Å². The third kappa shape index (κ3) is 4.04. The van der Waals surface area contributed by atoms with Crippen molar-refractivity contribution in [1.82, 2.24) is 19.7 Å². The van der Waals surface area contributed by atoms with Crippen LogP contribution < -0.4 is 5.32 Å². The monoisotopic (exact) mass is 411 g/mol. The molecule has 3 heterocycles. The number of aryl methyl sites for hydroxylation is 1. The molecule has 4 rings (SSSR count). The van der Waals surface area contributed by atoms with Crippen LogP contribution in [-0.2, 0) is 21.2 Å². The van der Waals surface area contributed by atoms with Crippen LogP contribution in [0.2, 0.25) is 0 Å². The molecule has 3 aromatic rings. The Morgan fingerprint density at radius 3 is 2.76 bits per heavy atom. The molecule has 3 aromatic heterocycles. The number of hydrogen-bond donors (Lipinski definition) is 1. The normalized spacial score (nSPS) is 18.4. The zero-order valence-corrected chi connectivity index (χ0v) is 16.7. The summed E-state index contributed by atoms with van der Waals surface area (Å²) in [5, 5.41) is 6.83. The molecule has 1 N–H and O–H groups in total. The molecule has 0 spiro atoms. The number of pyridine rings is 2. The van der Waals surface area contributed by atoms with Gasteiger partial charge in [0.05, 0.1) is 11.1 Å². The molecule has 2 unspecified atom stereocenters. The van der Waals surface area contributed by atoms with Gasteiger partial charge in [-0.1, -0.05) is 13.0 Å². The second kappa shape index (κ2) is 7.75. The Labute approximate surface area is 168 Å². The lowest BCUT2D eigenvalue weighted by Crippen LogP contribution is -2.15. The second-order valence-electron chi connectivity index (χ2n) is 7.05. The summed E-state index contributed by atoms with van der Waals surface area (Å²) in [6.45, 7) is 2.65. The molecule has 29 heavy (non-hydrogen) atoms. The van der Waals surface area contributed by atoms with Crippen molar-refractivity contribution in [3.8, 4) is 0 Å². The number of carbonyl (C=O) groups is 1. The number of sulfone groups is 1. The molecule has 1 saturated carbocycles. The number of rotatable bonds is 7. The highest BCUT2D eigenvalue weighted by Crippen LogP contribution is 2.47. The fraction of sp³-hybridized carbons (Fsp3) is 0.300. The van der Waals surface area contributed by atoms with E-state index in [2.05, 4.69) is 20.4 Å². The highest BCUT2D eigenvalue weighted by atomic mass is 32.2. The van der Waals surface area contributed by atoms with Gasteiger partial charge in [0.15, 0.2) is 0 Å². The largest absolute Gasteiger partial charge is 0.310 e. The van der Waals surface area contributed by atoms with Crippen molar-refractivity contribution < 1.29 is 13.2 Å². The molecule has 1 aliphatic rings. The second-order valence-corrected chi connectivity index (χ2v) is 9.00. The van der Waals surface area contributed by atoms with Gasteiger partial charge in [0, 0.05) is 37.3 Å². The van der Waals surface area contributed by atoms with E-state index in [0.29, 0.717) is 12.4 Å². The molecule has 2 atom stereocenters. The number of nitrogens with zero attached hydrogens (tertiary/aromatic N) is 4. The lowest BCUT2D eigenvalue weighted by atomic mass is 10.1. The van der Waals surface area contributed by atoms with Crippen LogP contribution in [0.25, 0.3) is 0 Å². The predicted octanol–water partition coefficient (Wildman–Crippen LogP) is 2.66. The zero-order valence-electron chi connectivity index (χ0n) is 15.9. The van der Waals surface area contributed by atoms with Crippen molar-refractivity contribution in [3.05, 3.63) is 60.8 Å². The molecule has 0 aliphatic heterocycles. The van der Waals surface area contributed by atoms with E-state index in [9.17, 15) is 13.2 Å². The molecular weight excluding hydrogens is 390 g/mol. The van der Waals surface area contributed by atoms with Crippen LogP contribution in [0.1, 0.15) is 31.2 Å². The van der Waals surface area contributed by atoms with E-state index in [4.69, 9.17) is 0 Å². The van der Waals surface area contributed by atoms with Crippen LogP contribution in [0.4, 0.5) is 5.82 Å². The van der Waals surface area contributed by atoms with Crippen molar-refractivity contribution in [3.63, 3.8) is 0 Å². The number of amides is 1. The maximum Gasteiger partial charge on any atom is 0.229 e. The molecule has 1 amide bonds. The van der Waals surface area contributed by atoms with Gasteiger partial charge in [0.1, 0.15) is 10.7 Å². The van der Waals surface area contributed by atoms with Crippen LogP contribution in [0.5, 0.6) is 0 Å². The van der Waals surface area contributed by atoms with Crippen molar-refractivity contribution in [1.29, 1.82) is 0 Å². The molecule has 150 valence electrons. The van der Waals surface area contributed by atoms with Gasteiger partial charge >= 0.3 is 0 Å². The van der Waals surface area contributed by atoms with Gasteiger partial charge in [-0.05, 0) is 42.5 Å². The summed E-state index contributed by atoms with van der Waals surface area (Å²) in [6.07, 6.45) is 9.22. The van der Waals surface area contributed by atoms with E-state index >= 15 is 0 Å². The third-order valence-corrected chi connectivity index (χ3v) is 6.60. The maximum absolute atomic E-state index is 12.7. The topological polar surface area (TPSA) is 107 Å². The minimum Gasteiger partial charge on any atom is -0.310 e. The average Bonchev–Trinajstić information content (AvgIpc) is 3.40. The van der Waals surface area contributed by atoms with Gasteiger partial charge in [-0.15, -0.1) is 0 Å². The minimum atomic E-state index is -3.70. The first-order chi connectivity index (χ1) is 14.0. The summed E-state index contributed by atoms with van der Waals surface area (Å²) in [6, 6.07) is 6.77. The van der Waals surface area contributed by atoms with Crippen molar-refractivity contribution in [2.24, 2.45) is 5.92 Å². The van der Waals surface area contributed by atoms with Crippen LogP contribution in [0.15, 0.2) is 65.0 Å². The highest BCUT2D eigenvalue weighted by Gasteiger charge is 2.44. The molecule has 0 radical (unpaired) electrons. The zero-order chi connectivity index (χ0) is 20.4. The molecular formula is C20H21N5O3S. The summed E-state index contributed by atoms with van der Waals surface area (Å²) in [5.41, 5.74) is 1.05. The van der Waals surface area contributed by atoms with Crippen LogP contribution >= 0.6 is 0 Å². The number of hydrogen-bond acceptors (Lipinski definition) is 6. The predicted molar refractivity (Wildman–Crippen MR) is 106 cm³/mol. The molecule has 1 aliphatic carbocycles. The Hall–Kier alpha value is -3.07. The standard InChI is InChI=1S/C20H21N5O3S/c1-2-8-25-13-16(12-23-25)29(27,28)15-5-6-19(22-11-15)24-20(26)18-9-17(18)14-4-3-7-21-10-14/h3-7,10-13,17-18H,2,8-9H2,1H3,(H,22,24,26). The van der Waals surface area contributed by atoms with Crippen molar-refractivity contribution >= 4 is 21.6 Å². The summed E-state index contributed by atoms with van der Waals surface area (Å²) >= 11 is 0. The fourth-order valence-corrected chi connectivity index (χ4v) is 4.41. The van der Waals surface area contributed by atoms with E-state index < -0.39 is 9.84 Å². The Morgan fingerprint density at radius 2 is 2.07 bits per heavy atom. The third-order valence-electron chi connectivity index (χ3n) is 4.91. The number of anilines is 1. The van der Waals surface area contributed by atoms with Gasteiger partial charge in [-0.25, -0.2) is 13.4 Å². The minimum absolute atomic E-state index is 0.0613. The summed E-state index contributed by atoms with van der Waals surface area (Å²) in [4.78, 5) is 20.8. The van der Waals surface area contributed by atoms with Gasteiger partial charge in [-0.3, -0.25) is 14.5 Å². The van der Waals surface area contributed by atoms with Crippen molar-refractivity contribution in [2.75, 3.05) is 5.32 Å². The van der Waals surface area contributed by atoms with Gasteiger partial charge in [0.2, 0.25) is 15.7 Å². The van der Waals surface area contributed by atoms with Crippen LogP contribution in [-0.4, -0.2) is 34.1 Å². The first kappa shape index (κ1) is 19.3. The average molecular weight is 411 g/mol. The Balaban J connectivity index is 1.42. The summed E-state index contributed by atoms with van der Waals surface area (Å²) in [7, 11) is -3.70. The van der Waals surface area contributed by atoms with Gasteiger partial charge in [-0.2, -0.15) is 5.10 Å². The molecule has 9 heteroatoms. The lowest BCUT2D eigenvalue weighted by Gasteiger charge is -2.06. The summed E-state index contributed by atoms with van der Waals surface area (Å²) in [5.74, 6) is 0.257. The maximum atomic E-state index is 12.7. The Kier molecular flexibility index (Phi) is 5.14. The first-order valence-electron chi connectivity index (χ1n) is 9.43. The number of carbonyl (C=O) groups excluding carboxylic acids is 1. The van der Waals surface area contributed by atoms with Crippen LogP contribution in [0, 0.1) is 5.92 Å². The quantitative estimate of drug-likeness (QED) is 0.640. The number of aromatic nitrogens is 4. The fourth-order valence-electron chi connectivity index (χ4n) is 3.25. The van der Waals surface area contributed by atoms with E-state index in [-0.39, 0.29) is 27.5 Å². The molecule has 1 fully saturated rings. The SMILES string of the molecule is CCCn1cc(S(=O)(=O)c2ccc(NC(=O)C3CC3c3cccnc3)nc2)cn1. The van der Waals surface area contributed by atoms with Crippen molar-refractivity contribution in [2.45, 2.75) is 42.0 Å². The van der Waals surface area contributed by atoms with E-state index in [1.54, 1.807) is 17.1 Å². The summed E-state index contributed by atoms with van der Waals surface area (Å²) < 4.78 is 27.0. The van der Waals surface area contributed by atoms with Crippen LogP contribution in [0.3, 0.4) is 0 Å². The van der Waals surface area contributed by atoms with E-state index in [0.717, 1.165) is 18.4 Å². The lowest BCUT2D eigenvalue weighted by molar-refractivity contribution is -0.117. The van der Waals surface area contributed by atoms with Gasteiger partial charge in [0.25, 0.3) is 0 Å². The number of nitrogens with one attached hydrogen (secondary N) is 1. The smallest absolute Gasteiger partial charge is 0.229 e. The Bertz CT molecular complexity index is 1110. The molecule has 8 nitrogen and oxygen atoms in total. The van der Waals surface area contributed by atoms with E-state index in [1.807, 2.05) is 19.1 Å². The molecule has 0 bridgehead atoms. The van der Waals surface area contributed by atoms with E-state index in [1.165, 1.54) is 30.7 Å². The highest BCUT2D eigenvalue weighted by molar-refractivity contribution is 7.91. The first-order valence-corrected chi connectivity index (χ1v) is 10.9.